The molecule has 0 radical (unpaired) electrons. The number of rotatable bonds is 5. The Morgan fingerprint density at radius 2 is 1.82 bits per heavy atom. The average molecular weight is 238 g/mol. The first kappa shape index (κ1) is 13.4. The van der Waals surface area contributed by atoms with Gasteiger partial charge in [0, 0.05) is 18.6 Å². The van der Waals surface area contributed by atoms with Crippen LogP contribution in [0.4, 0.5) is 0 Å². The van der Waals surface area contributed by atoms with Crippen LogP contribution in [0.15, 0.2) is 0 Å². The highest BCUT2D eigenvalue weighted by Gasteiger charge is 2.34. The van der Waals surface area contributed by atoms with E-state index in [-0.39, 0.29) is 0 Å². The van der Waals surface area contributed by atoms with E-state index in [1.165, 1.54) is 51.6 Å². The lowest BCUT2D eigenvalue weighted by molar-refractivity contribution is 0.162. The summed E-state index contributed by atoms with van der Waals surface area (Å²) in [4.78, 5) is 2.79. The first-order valence-electron chi connectivity index (χ1n) is 7.63. The molecule has 2 unspecified atom stereocenters. The van der Waals surface area contributed by atoms with Crippen molar-refractivity contribution < 1.29 is 0 Å². The van der Waals surface area contributed by atoms with Crippen LogP contribution in [0.1, 0.15) is 52.4 Å². The first-order valence-corrected chi connectivity index (χ1v) is 7.63. The highest BCUT2D eigenvalue weighted by atomic mass is 15.2. The molecule has 2 fully saturated rings. The van der Waals surface area contributed by atoms with E-state index in [1.54, 1.807) is 0 Å². The predicted molar refractivity (Wildman–Crippen MR) is 74.2 cm³/mol. The molecule has 0 spiro atoms. The van der Waals surface area contributed by atoms with Crippen LogP contribution in [-0.2, 0) is 0 Å². The van der Waals surface area contributed by atoms with Crippen molar-refractivity contribution >= 4 is 0 Å². The Balaban J connectivity index is 1.89. The van der Waals surface area contributed by atoms with Crippen molar-refractivity contribution in [3.05, 3.63) is 0 Å². The second kappa shape index (κ2) is 6.19. The third kappa shape index (κ3) is 3.23. The number of nitrogens with one attached hydrogen (secondary N) is 1. The molecular formula is C15H30N2. The summed E-state index contributed by atoms with van der Waals surface area (Å²) in [6.45, 7) is 7.27. The van der Waals surface area contributed by atoms with Gasteiger partial charge in [0.05, 0.1) is 0 Å². The van der Waals surface area contributed by atoms with E-state index in [9.17, 15) is 0 Å². The average Bonchev–Trinajstić information content (AvgIpc) is 2.95. The third-order valence-corrected chi connectivity index (χ3v) is 4.96. The van der Waals surface area contributed by atoms with Crippen LogP contribution in [0.3, 0.4) is 0 Å². The van der Waals surface area contributed by atoms with Crippen molar-refractivity contribution in [2.75, 3.05) is 20.1 Å². The molecule has 0 bridgehead atoms. The lowest BCUT2D eigenvalue weighted by atomic mass is 9.95. The number of likely N-dealkylation sites (tertiary alicyclic amines) is 1. The van der Waals surface area contributed by atoms with Crippen molar-refractivity contribution in [3.8, 4) is 0 Å². The van der Waals surface area contributed by atoms with Gasteiger partial charge in [-0.1, -0.05) is 26.7 Å². The Bertz CT molecular complexity index is 221. The maximum Gasteiger partial charge on any atom is 0.0215 e. The Morgan fingerprint density at radius 1 is 1.12 bits per heavy atom. The van der Waals surface area contributed by atoms with E-state index in [1.807, 2.05) is 0 Å². The number of likely N-dealkylation sites (N-methyl/N-ethyl adjacent to an activating group) is 1. The second-order valence-electron chi connectivity index (χ2n) is 6.39. The molecule has 0 aromatic rings. The minimum atomic E-state index is 0.664. The molecule has 1 saturated carbocycles. The summed E-state index contributed by atoms with van der Waals surface area (Å²) in [7, 11) is 2.12. The molecule has 0 amide bonds. The zero-order valence-electron chi connectivity index (χ0n) is 11.9. The Morgan fingerprint density at radius 3 is 2.41 bits per heavy atom. The van der Waals surface area contributed by atoms with Crippen LogP contribution in [0, 0.1) is 11.8 Å². The first-order chi connectivity index (χ1) is 8.22. The molecule has 1 heterocycles. The fraction of sp³-hybridized carbons (Fsp3) is 1.00. The molecule has 0 aromatic heterocycles. The highest BCUT2D eigenvalue weighted by molar-refractivity contribution is 4.89. The summed E-state index contributed by atoms with van der Waals surface area (Å²) in [5, 5.41) is 3.50. The van der Waals surface area contributed by atoms with Crippen LogP contribution in [0.25, 0.3) is 0 Å². The van der Waals surface area contributed by atoms with E-state index >= 15 is 0 Å². The van der Waals surface area contributed by atoms with Gasteiger partial charge in [-0.2, -0.15) is 0 Å². The van der Waals surface area contributed by atoms with E-state index in [4.69, 9.17) is 0 Å². The van der Waals surface area contributed by atoms with Crippen molar-refractivity contribution in [3.63, 3.8) is 0 Å². The molecule has 100 valence electrons. The van der Waals surface area contributed by atoms with Gasteiger partial charge in [0.15, 0.2) is 0 Å². The van der Waals surface area contributed by atoms with Crippen LogP contribution in [0.5, 0.6) is 0 Å². The minimum absolute atomic E-state index is 0.664. The van der Waals surface area contributed by atoms with Gasteiger partial charge < -0.3 is 5.32 Å². The van der Waals surface area contributed by atoms with Crippen LogP contribution in [0.2, 0.25) is 0 Å². The normalized spacial score (nSPS) is 29.3. The van der Waals surface area contributed by atoms with Gasteiger partial charge >= 0.3 is 0 Å². The highest BCUT2D eigenvalue weighted by Crippen LogP contribution is 2.35. The quantitative estimate of drug-likeness (QED) is 0.792. The molecule has 1 saturated heterocycles. The summed E-state index contributed by atoms with van der Waals surface area (Å²) in [6.07, 6.45) is 8.83. The predicted octanol–water partition coefficient (Wildman–Crippen LogP) is 2.89. The van der Waals surface area contributed by atoms with Gasteiger partial charge in [-0.05, 0) is 51.1 Å². The summed E-state index contributed by atoms with van der Waals surface area (Å²) >= 11 is 0. The Hall–Kier alpha value is -0.0800. The van der Waals surface area contributed by atoms with Crippen molar-refractivity contribution in [2.24, 2.45) is 11.8 Å². The molecule has 2 nitrogen and oxygen atoms in total. The Labute approximate surface area is 107 Å². The molecule has 0 aromatic carbocycles. The number of nitrogens with zero attached hydrogens (tertiary/aromatic N) is 1. The van der Waals surface area contributed by atoms with Gasteiger partial charge in [-0.15, -0.1) is 0 Å². The van der Waals surface area contributed by atoms with Crippen LogP contribution < -0.4 is 5.32 Å². The largest absolute Gasteiger partial charge is 0.315 e. The van der Waals surface area contributed by atoms with E-state index in [0.29, 0.717) is 6.04 Å². The summed E-state index contributed by atoms with van der Waals surface area (Å²) in [6, 6.07) is 1.57. The van der Waals surface area contributed by atoms with Crippen molar-refractivity contribution in [2.45, 2.75) is 64.5 Å². The standard InChI is InChI=1S/C15H30N2/c1-12(2)14(16-3)11-17-10-6-9-15(17)13-7-4-5-8-13/h12-16H,4-11H2,1-3H3. The molecule has 2 heteroatoms. The van der Waals surface area contributed by atoms with E-state index in [0.717, 1.165) is 17.9 Å². The van der Waals surface area contributed by atoms with Crippen molar-refractivity contribution in [1.29, 1.82) is 0 Å². The zero-order valence-corrected chi connectivity index (χ0v) is 11.9. The molecule has 17 heavy (non-hydrogen) atoms. The lowest BCUT2D eigenvalue weighted by Crippen LogP contribution is -2.46. The monoisotopic (exact) mass is 238 g/mol. The van der Waals surface area contributed by atoms with Gasteiger partial charge in [-0.3, -0.25) is 4.90 Å². The fourth-order valence-corrected chi connectivity index (χ4v) is 3.84. The summed E-state index contributed by atoms with van der Waals surface area (Å²) < 4.78 is 0. The van der Waals surface area contributed by atoms with E-state index in [2.05, 4.69) is 31.1 Å². The topological polar surface area (TPSA) is 15.3 Å². The van der Waals surface area contributed by atoms with Crippen LogP contribution >= 0.6 is 0 Å². The maximum atomic E-state index is 3.50. The van der Waals surface area contributed by atoms with Gasteiger partial charge in [0.2, 0.25) is 0 Å². The van der Waals surface area contributed by atoms with Gasteiger partial charge in [-0.25, -0.2) is 0 Å². The fourth-order valence-electron chi connectivity index (χ4n) is 3.84. The summed E-state index contributed by atoms with van der Waals surface area (Å²) in [5.74, 6) is 1.76. The summed E-state index contributed by atoms with van der Waals surface area (Å²) in [5.41, 5.74) is 0. The number of hydrogen-bond acceptors (Lipinski definition) is 2. The van der Waals surface area contributed by atoms with Crippen LogP contribution in [-0.4, -0.2) is 37.1 Å². The minimum Gasteiger partial charge on any atom is -0.315 e. The SMILES string of the molecule is CNC(CN1CCCC1C1CCCC1)C(C)C. The number of hydrogen-bond donors (Lipinski definition) is 1. The second-order valence-corrected chi connectivity index (χ2v) is 6.39. The molecule has 2 aliphatic rings. The molecule has 1 aliphatic heterocycles. The Kier molecular flexibility index (Phi) is 4.87. The van der Waals surface area contributed by atoms with Gasteiger partial charge in [0.1, 0.15) is 0 Å². The van der Waals surface area contributed by atoms with Crippen molar-refractivity contribution in [1.82, 2.24) is 10.2 Å². The molecular weight excluding hydrogens is 208 g/mol. The van der Waals surface area contributed by atoms with Gasteiger partial charge in [0.25, 0.3) is 0 Å². The molecule has 1 aliphatic carbocycles. The lowest BCUT2D eigenvalue weighted by Gasteiger charge is -2.33. The maximum absolute atomic E-state index is 3.50. The molecule has 2 atom stereocenters. The zero-order chi connectivity index (χ0) is 12.3. The molecule has 2 rings (SSSR count). The third-order valence-electron chi connectivity index (χ3n) is 4.96. The smallest absolute Gasteiger partial charge is 0.0215 e. The molecule has 1 N–H and O–H groups in total. The van der Waals surface area contributed by atoms with E-state index < -0.39 is 0 Å².